The number of amides is 1. The van der Waals surface area contributed by atoms with Crippen LogP contribution in [0.3, 0.4) is 0 Å². The van der Waals surface area contributed by atoms with Gasteiger partial charge in [0.25, 0.3) is 0 Å². The lowest BCUT2D eigenvalue weighted by atomic mass is 10.1. The van der Waals surface area contributed by atoms with Crippen molar-refractivity contribution in [2.75, 3.05) is 0 Å². The molecule has 2 nitrogen and oxygen atoms in total. The molecule has 0 unspecified atom stereocenters. The lowest BCUT2D eigenvalue weighted by Crippen LogP contribution is -2.09. The van der Waals surface area contributed by atoms with Crippen molar-refractivity contribution in [1.29, 1.82) is 0 Å². The molecule has 6 heteroatoms. The van der Waals surface area contributed by atoms with Crippen LogP contribution >= 0.6 is 0 Å². The van der Waals surface area contributed by atoms with Gasteiger partial charge in [0, 0.05) is 11.6 Å². The Hall–Kier alpha value is -1.85. The van der Waals surface area contributed by atoms with E-state index in [9.17, 15) is 22.4 Å². The fraction of sp³-hybridized carbons (Fsp3) is 0.100. The average Bonchev–Trinajstić information content (AvgIpc) is 2.14. The fourth-order valence-electron chi connectivity index (χ4n) is 1.07. The summed E-state index contributed by atoms with van der Waals surface area (Å²) in [7, 11) is 0. The van der Waals surface area contributed by atoms with Crippen LogP contribution in [0.25, 0.3) is 6.08 Å². The van der Waals surface area contributed by atoms with Crippen LogP contribution in [0.1, 0.15) is 11.1 Å². The standard InChI is InChI=1S/C10H7F4NO/c11-9-6(4-5-8(15)16)2-1-3-7(9)10(12,13)14/h1-5H,(H2,15,16). The molecule has 1 aromatic rings. The predicted octanol–water partition coefficient (Wildman–Crippen LogP) is 2.34. The zero-order chi connectivity index (χ0) is 12.3. The first-order valence-corrected chi connectivity index (χ1v) is 4.15. The summed E-state index contributed by atoms with van der Waals surface area (Å²) in [5, 5.41) is 0. The van der Waals surface area contributed by atoms with Gasteiger partial charge in [-0.1, -0.05) is 12.1 Å². The van der Waals surface area contributed by atoms with Crippen LogP contribution in [0, 0.1) is 5.82 Å². The summed E-state index contributed by atoms with van der Waals surface area (Å²) in [4.78, 5) is 10.4. The number of alkyl halides is 3. The zero-order valence-electron chi connectivity index (χ0n) is 7.88. The summed E-state index contributed by atoms with van der Waals surface area (Å²) >= 11 is 0. The molecule has 0 saturated carbocycles. The minimum absolute atomic E-state index is 0.339. The lowest BCUT2D eigenvalue weighted by molar-refractivity contribution is -0.140. The van der Waals surface area contributed by atoms with E-state index in [4.69, 9.17) is 5.73 Å². The van der Waals surface area contributed by atoms with E-state index in [-0.39, 0.29) is 5.56 Å². The molecule has 0 aliphatic rings. The maximum atomic E-state index is 13.3. The second-order valence-corrected chi connectivity index (χ2v) is 2.94. The maximum Gasteiger partial charge on any atom is 0.419 e. The minimum atomic E-state index is -4.76. The molecule has 1 rings (SSSR count). The zero-order valence-corrected chi connectivity index (χ0v) is 7.88. The van der Waals surface area contributed by atoms with Crippen LogP contribution in [0.15, 0.2) is 24.3 Å². The Morgan fingerprint density at radius 2 is 1.94 bits per heavy atom. The molecule has 1 amide bonds. The number of rotatable bonds is 2. The first-order valence-electron chi connectivity index (χ1n) is 4.15. The van der Waals surface area contributed by atoms with E-state index in [0.717, 1.165) is 24.3 Å². The number of carbonyl (C=O) groups excluding carboxylic acids is 1. The van der Waals surface area contributed by atoms with Crippen LogP contribution in [0.4, 0.5) is 17.6 Å². The van der Waals surface area contributed by atoms with E-state index >= 15 is 0 Å². The molecule has 0 fully saturated rings. The Bertz CT molecular complexity index is 437. The van der Waals surface area contributed by atoms with Gasteiger partial charge >= 0.3 is 6.18 Å². The summed E-state index contributed by atoms with van der Waals surface area (Å²) in [5.41, 5.74) is 3.03. The van der Waals surface area contributed by atoms with Crippen LogP contribution < -0.4 is 5.73 Å². The summed E-state index contributed by atoms with van der Waals surface area (Å²) in [6.45, 7) is 0. The van der Waals surface area contributed by atoms with E-state index in [1.165, 1.54) is 0 Å². The molecule has 0 radical (unpaired) electrons. The van der Waals surface area contributed by atoms with E-state index < -0.39 is 23.5 Å². The summed E-state index contributed by atoms with van der Waals surface area (Å²) in [6, 6.07) is 2.79. The van der Waals surface area contributed by atoms with Gasteiger partial charge in [0.15, 0.2) is 0 Å². The van der Waals surface area contributed by atoms with Gasteiger partial charge in [-0.3, -0.25) is 4.79 Å². The summed E-state index contributed by atoms with van der Waals surface area (Å²) in [5.74, 6) is -2.29. The summed E-state index contributed by atoms with van der Waals surface area (Å²) in [6.07, 6.45) is -3.08. The van der Waals surface area contributed by atoms with Crippen molar-refractivity contribution in [3.63, 3.8) is 0 Å². The van der Waals surface area contributed by atoms with Crippen LogP contribution in [-0.2, 0) is 11.0 Å². The third-order valence-electron chi connectivity index (χ3n) is 1.76. The molecule has 0 aliphatic carbocycles. The normalized spacial score (nSPS) is 12.0. The molecular formula is C10H7F4NO. The molecule has 0 spiro atoms. The molecule has 1 aromatic carbocycles. The fourth-order valence-corrected chi connectivity index (χ4v) is 1.07. The van der Waals surface area contributed by atoms with Crippen molar-refractivity contribution in [1.82, 2.24) is 0 Å². The van der Waals surface area contributed by atoms with Crippen LogP contribution in [-0.4, -0.2) is 5.91 Å². The van der Waals surface area contributed by atoms with Gasteiger partial charge in [-0.05, 0) is 12.1 Å². The Morgan fingerprint density at radius 3 is 2.44 bits per heavy atom. The van der Waals surface area contributed by atoms with Gasteiger partial charge in [0.05, 0.1) is 5.56 Å². The van der Waals surface area contributed by atoms with Crippen molar-refractivity contribution in [3.8, 4) is 0 Å². The second-order valence-electron chi connectivity index (χ2n) is 2.94. The van der Waals surface area contributed by atoms with E-state index in [1.54, 1.807) is 0 Å². The maximum absolute atomic E-state index is 13.3. The summed E-state index contributed by atoms with van der Waals surface area (Å²) < 4.78 is 50.1. The van der Waals surface area contributed by atoms with E-state index in [0.29, 0.717) is 6.07 Å². The molecule has 0 aliphatic heterocycles. The first-order chi connectivity index (χ1) is 7.32. The molecule has 0 saturated heterocycles. The Balaban J connectivity index is 3.19. The molecule has 0 aromatic heterocycles. The number of hydrogen-bond donors (Lipinski definition) is 1. The van der Waals surface area contributed by atoms with Gasteiger partial charge in [-0.25, -0.2) is 4.39 Å². The number of hydrogen-bond acceptors (Lipinski definition) is 1. The number of primary amides is 1. The average molecular weight is 233 g/mol. The molecule has 16 heavy (non-hydrogen) atoms. The van der Waals surface area contributed by atoms with Gasteiger partial charge < -0.3 is 5.73 Å². The highest BCUT2D eigenvalue weighted by Crippen LogP contribution is 2.32. The molecule has 0 atom stereocenters. The van der Waals surface area contributed by atoms with Crippen molar-refractivity contribution in [2.24, 2.45) is 5.73 Å². The van der Waals surface area contributed by atoms with Gasteiger partial charge in [-0.2, -0.15) is 13.2 Å². The first kappa shape index (κ1) is 12.2. The van der Waals surface area contributed by atoms with Crippen molar-refractivity contribution >= 4 is 12.0 Å². The van der Waals surface area contributed by atoms with Gasteiger partial charge in [0.2, 0.25) is 5.91 Å². The number of nitrogens with two attached hydrogens (primary N) is 1. The molecule has 0 heterocycles. The van der Waals surface area contributed by atoms with E-state index in [2.05, 4.69) is 0 Å². The molecular weight excluding hydrogens is 226 g/mol. The van der Waals surface area contributed by atoms with Crippen LogP contribution in [0.2, 0.25) is 0 Å². The monoisotopic (exact) mass is 233 g/mol. The highest BCUT2D eigenvalue weighted by atomic mass is 19.4. The van der Waals surface area contributed by atoms with E-state index in [1.807, 2.05) is 0 Å². The molecule has 86 valence electrons. The van der Waals surface area contributed by atoms with Crippen molar-refractivity contribution < 1.29 is 22.4 Å². The Labute approximate surface area is 88.4 Å². The smallest absolute Gasteiger partial charge is 0.366 e. The van der Waals surface area contributed by atoms with Gasteiger partial charge in [0.1, 0.15) is 5.82 Å². The van der Waals surface area contributed by atoms with Gasteiger partial charge in [-0.15, -0.1) is 0 Å². The lowest BCUT2D eigenvalue weighted by Gasteiger charge is -2.08. The molecule has 2 N–H and O–H groups in total. The van der Waals surface area contributed by atoms with Crippen molar-refractivity contribution in [2.45, 2.75) is 6.18 Å². The number of halogens is 4. The number of benzene rings is 1. The van der Waals surface area contributed by atoms with Crippen molar-refractivity contribution in [3.05, 3.63) is 41.2 Å². The topological polar surface area (TPSA) is 43.1 Å². The Kier molecular flexibility index (Phi) is 3.31. The quantitative estimate of drug-likeness (QED) is 0.618. The SMILES string of the molecule is NC(=O)C=Cc1cccc(C(F)(F)F)c1F. The minimum Gasteiger partial charge on any atom is -0.366 e. The Morgan fingerprint density at radius 1 is 1.31 bits per heavy atom. The highest BCUT2D eigenvalue weighted by Gasteiger charge is 2.34. The highest BCUT2D eigenvalue weighted by molar-refractivity contribution is 5.90. The second kappa shape index (κ2) is 4.34. The number of carbonyl (C=O) groups is 1. The third kappa shape index (κ3) is 2.82. The van der Waals surface area contributed by atoms with Crippen LogP contribution in [0.5, 0.6) is 0 Å². The largest absolute Gasteiger partial charge is 0.419 e. The molecule has 0 bridgehead atoms. The third-order valence-corrected chi connectivity index (χ3v) is 1.76. The predicted molar refractivity (Wildman–Crippen MR) is 49.6 cm³/mol.